The van der Waals surface area contributed by atoms with Crippen LogP contribution in [0.25, 0.3) is 0 Å². The molecular formula is C17H19Cl2N5S. The highest BCUT2D eigenvalue weighted by atomic mass is 35.5. The van der Waals surface area contributed by atoms with Crippen LogP contribution in [0, 0.1) is 10.8 Å². The average Bonchev–Trinajstić information content (AvgIpc) is 2.58. The van der Waals surface area contributed by atoms with Crippen molar-refractivity contribution in [3.05, 3.63) is 58.1 Å². The van der Waals surface area contributed by atoms with Crippen molar-refractivity contribution in [2.75, 3.05) is 11.1 Å². The second-order valence-electron chi connectivity index (χ2n) is 5.06. The molecule has 0 saturated heterocycles. The van der Waals surface area contributed by atoms with Crippen molar-refractivity contribution in [1.82, 2.24) is 10.6 Å². The maximum absolute atomic E-state index is 7.89. The first-order valence-electron chi connectivity index (χ1n) is 7.59. The van der Waals surface area contributed by atoms with E-state index in [0.29, 0.717) is 16.6 Å². The number of thioether (sulfide) groups is 1. The molecule has 0 bridgehead atoms. The third kappa shape index (κ3) is 6.49. The van der Waals surface area contributed by atoms with Crippen LogP contribution in [0.4, 0.5) is 5.69 Å². The molecule has 0 amide bonds. The van der Waals surface area contributed by atoms with Crippen molar-refractivity contribution in [3.8, 4) is 0 Å². The van der Waals surface area contributed by atoms with Gasteiger partial charge in [0.15, 0.2) is 11.9 Å². The van der Waals surface area contributed by atoms with E-state index in [1.54, 1.807) is 23.9 Å². The Morgan fingerprint density at radius 2 is 1.72 bits per heavy atom. The van der Waals surface area contributed by atoms with Crippen molar-refractivity contribution in [3.63, 3.8) is 0 Å². The molecule has 25 heavy (non-hydrogen) atoms. The lowest BCUT2D eigenvalue weighted by Gasteiger charge is -2.13. The Bertz CT molecular complexity index is 749. The number of anilines is 1. The van der Waals surface area contributed by atoms with Gasteiger partial charge in [-0.05, 0) is 47.7 Å². The number of halogens is 2. The van der Waals surface area contributed by atoms with Crippen molar-refractivity contribution in [2.24, 2.45) is 0 Å². The van der Waals surface area contributed by atoms with Gasteiger partial charge in [0.2, 0.25) is 0 Å². The molecule has 0 heterocycles. The second-order valence-corrected chi connectivity index (χ2v) is 7.21. The number of hydrogen-bond donors (Lipinski definition) is 5. The molecule has 0 radical (unpaired) electrons. The minimum atomic E-state index is 0.0155. The molecular weight excluding hydrogens is 377 g/mol. The monoisotopic (exact) mass is 395 g/mol. The van der Waals surface area contributed by atoms with E-state index < -0.39 is 0 Å². The molecule has 2 rings (SSSR count). The highest BCUT2D eigenvalue weighted by Crippen LogP contribution is 2.22. The first-order valence-corrected chi connectivity index (χ1v) is 9.34. The summed E-state index contributed by atoms with van der Waals surface area (Å²) >= 11 is 13.6. The normalized spacial score (nSPS) is 10.2. The third-order valence-electron chi connectivity index (χ3n) is 3.14. The van der Waals surface area contributed by atoms with E-state index in [2.05, 4.69) is 22.9 Å². The molecule has 5 N–H and O–H groups in total. The van der Waals surface area contributed by atoms with Crippen LogP contribution in [0.15, 0.2) is 47.4 Å². The third-order valence-corrected chi connectivity index (χ3v) is 4.77. The van der Waals surface area contributed by atoms with Gasteiger partial charge in [-0.15, -0.1) is 11.8 Å². The van der Waals surface area contributed by atoms with E-state index in [-0.39, 0.29) is 11.9 Å². The molecule has 132 valence electrons. The lowest BCUT2D eigenvalue weighted by atomic mass is 10.2. The van der Waals surface area contributed by atoms with Crippen LogP contribution in [0.5, 0.6) is 0 Å². The second kappa shape index (κ2) is 9.56. The van der Waals surface area contributed by atoms with Crippen molar-refractivity contribution in [1.29, 1.82) is 10.8 Å². The van der Waals surface area contributed by atoms with Gasteiger partial charge in [0.1, 0.15) is 0 Å². The van der Waals surface area contributed by atoms with Crippen LogP contribution in [-0.2, 0) is 6.54 Å². The van der Waals surface area contributed by atoms with Crippen LogP contribution >= 0.6 is 35.0 Å². The average molecular weight is 396 g/mol. The summed E-state index contributed by atoms with van der Waals surface area (Å²) in [5.41, 5.74) is 1.68. The van der Waals surface area contributed by atoms with Crippen molar-refractivity contribution in [2.45, 2.75) is 18.4 Å². The van der Waals surface area contributed by atoms with Crippen LogP contribution in [-0.4, -0.2) is 17.7 Å². The van der Waals surface area contributed by atoms with Crippen LogP contribution in [0.3, 0.4) is 0 Å². The van der Waals surface area contributed by atoms with E-state index >= 15 is 0 Å². The Kier molecular flexibility index (Phi) is 7.43. The molecule has 0 aromatic heterocycles. The van der Waals surface area contributed by atoms with Gasteiger partial charge < -0.3 is 10.6 Å². The molecule has 0 saturated carbocycles. The summed E-state index contributed by atoms with van der Waals surface area (Å²) in [7, 11) is 0. The highest BCUT2D eigenvalue weighted by Gasteiger charge is 2.04. The predicted octanol–water partition coefficient (Wildman–Crippen LogP) is 4.77. The largest absolute Gasteiger partial charge is 0.352 e. The lowest BCUT2D eigenvalue weighted by molar-refractivity contribution is 0.878. The molecule has 0 aliphatic rings. The standard InChI is InChI=1S/C17H19Cl2N5S/c1-2-25-13-6-4-12(5-7-13)23-17(21)24-16(20)22-10-11-3-8-14(18)15(19)9-11/h3-9H,2,10H2,1H3,(H5,20,21,22,23,24). The van der Waals surface area contributed by atoms with Gasteiger partial charge in [-0.25, -0.2) is 0 Å². The van der Waals surface area contributed by atoms with Crippen molar-refractivity contribution >= 4 is 52.6 Å². The number of hydrogen-bond acceptors (Lipinski definition) is 3. The topological polar surface area (TPSA) is 83.8 Å². The Morgan fingerprint density at radius 1 is 1.00 bits per heavy atom. The fourth-order valence-corrected chi connectivity index (χ4v) is 2.97. The van der Waals surface area contributed by atoms with E-state index in [1.165, 1.54) is 4.90 Å². The van der Waals surface area contributed by atoms with E-state index in [9.17, 15) is 0 Å². The quantitative estimate of drug-likeness (QED) is 0.287. The fourth-order valence-electron chi connectivity index (χ4n) is 1.99. The molecule has 8 heteroatoms. The van der Waals surface area contributed by atoms with E-state index in [1.807, 2.05) is 30.3 Å². The molecule has 0 fully saturated rings. The molecule has 0 unspecified atom stereocenters. The summed E-state index contributed by atoms with van der Waals surface area (Å²) < 4.78 is 0. The minimum Gasteiger partial charge on any atom is -0.352 e. The maximum Gasteiger partial charge on any atom is 0.199 e. The zero-order valence-corrected chi connectivity index (χ0v) is 15.9. The molecule has 0 aliphatic heterocycles. The maximum atomic E-state index is 7.89. The number of guanidine groups is 2. The van der Waals surface area contributed by atoms with Gasteiger partial charge in [-0.2, -0.15) is 0 Å². The number of benzene rings is 2. The number of rotatable bonds is 5. The molecule has 2 aromatic carbocycles. The molecule has 2 aromatic rings. The molecule has 0 spiro atoms. The van der Waals surface area contributed by atoms with Crippen LogP contribution < -0.4 is 16.0 Å². The van der Waals surface area contributed by atoms with Crippen LogP contribution in [0.2, 0.25) is 10.0 Å². The van der Waals surface area contributed by atoms with Gasteiger partial charge in [0, 0.05) is 17.1 Å². The van der Waals surface area contributed by atoms with Gasteiger partial charge in [-0.3, -0.25) is 16.1 Å². The summed E-state index contributed by atoms with van der Waals surface area (Å²) in [6.07, 6.45) is 0. The summed E-state index contributed by atoms with van der Waals surface area (Å²) in [4.78, 5) is 1.18. The SMILES string of the molecule is CCSc1ccc(NC(=N)NC(=N)NCc2ccc(Cl)c(Cl)c2)cc1. The number of nitrogens with one attached hydrogen (secondary N) is 5. The van der Waals surface area contributed by atoms with Gasteiger partial charge in [0.05, 0.1) is 10.0 Å². The van der Waals surface area contributed by atoms with Crippen molar-refractivity contribution < 1.29 is 0 Å². The molecule has 0 aliphatic carbocycles. The summed E-state index contributed by atoms with van der Waals surface area (Å²) in [6.45, 7) is 2.51. The Hall–Kier alpha value is -1.89. The molecule has 5 nitrogen and oxygen atoms in total. The smallest absolute Gasteiger partial charge is 0.199 e. The predicted molar refractivity (Wildman–Crippen MR) is 108 cm³/mol. The highest BCUT2D eigenvalue weighted by molar-refractivity contribution is 7.99. The summed E-state index contributed by atoms with van der Waals surface area (Å²) in [6, 6.07) is 13.1. The summed E-state index contributed by atoms with van der Waals surface area (Å²) in [5.74, 6) is 1.05. The molecule has 0 atom stereocenters. The first-order chi connectivity index (χ1) is 12.0. The van der Waals surface area contributed by atoms with Crippen LogP contribution in [0.1, 0.15) is 12.5 Å². The van der Waals surface area contributed by atoms with Gasteiger partial charge >= 0.3 is 0 Å². The minimum absolute atomic E-state index is 0.0155. The zero-order valence-electron chi connectivity index (χ0n) is 13.6. The van der Waals surface area contributed by atoms with Gasteiger partial charge in [-0.1, -0.05) is 36.2 Å². The Morgan fingerprint density at radius 3 is 2.36 bits per heavy atom. The zero-order chi connectivity index (χ0) is 18.2. The fraction of sp³-hybridized carbons (Fsp3) is 0.176. The van der Waals surface area contributed by atoms with E-state index in [4.69, 9.17) is 34.0 Å². The van der Waals surface area contributed by atoms with Gasteiger partial charge in [0.25, 0.3) is 0 Å². The summed E-state index contributed by atoms with van der Waals surface area (Å²) in [5, 5.41) is 25.1. The lowest BCUT2D eigenvalue weighted by Crippen LogP contribution is -2.42. The Labute approximate surface area is 161 Å². The van der Waals surface area contributed by atoms with E-state index in [0.717, 1.165) is 17.0 Å². The first kappa shape index (κ1) is 19.4. The Balaban J connectivity index is 1.79.